The molecule has 0 aliphatic heterocycles. The van der Waals surface area contributed by atoms with Crippen molar-refractivity contribution >= 4 is 6.29 Å². The molecule has 2 aromatic rings. The van der Waals surface area contributed by atoms with Crippen LogP contribution in [0.25, 0.3) is 0 Å². The monoisotopic (exact) mass is 335 g/mol. The van der Waals surface area contributed by atoms with Gasteiger partial charge in [0.1, 0.15) is 12.1 Å². The SMILES string of the molecule is CC1(C)CC(C=O)c2cc(Cc3cc(F)c(F)cc3F)c(=O)[nH]c21. The smallest absolute Gasteiger partial charge is 0.251 e. The van der Waals surface area contributed by atoms with Crippen LogP contribution in [0.15, 0.2) is 23.0 Å². The van der Waals surface area contributed by atoms with Gasteiger partial charge in [-0.05, 0) is 29.7 Å². The number of fused-ring (bicyclic) bond motifs is 1. The molecule has 0 bridgehead atoms. The van der Waals surface area contributed by atoms with Crippen LogP contribution >= 0.6 is 0 Å². The van der Waals surface area contributed by atoms with Crippen LogP contribution in [0.4, 0.5) is 13.2 Å². The molecular weight excluding hydrogens is 319 g/mol. The highest BCUT2D eigenvalue weighted by Gasteiger charge is 2.38. The zero-order chi connectivity index (χ0) is 17.6. The third-order valence-corrected chi connectivity index (χ3v) is 4.59. The average Bonchev–Trinajstić information content (AvgIpc) is 2.76. The van der Waals surface area contributed by atoms with Gasteiger partial charge in [-0.2, -0.15) is 0 Å². The molecule has 6 heteroatoms. The van der Waals surface area contributed by atoms with Gasteiger partial charge >= 0.3 is 0 Å². The molecule has 1 aromatic heterocycles. The number of rotatable bonds is 3. The van der Waals surface area contributed by atoms with Crippen LogP contribution in [0.2, 0.25) is 0 Å². The van der Waals surface area contributed by atoms with Gasteiger partial charge in [0.2, 0.25) is 0 Å². The molecule has 0 radical (unpaired) electrons. The lowest BCUT2D eigenvalue weighted by atomic mass is 9.89. The Bertz CT molecular complexity index is 887. The molecule has 1 aromatic carbocycles. The Balaban J connectivity index is 2.07. The quantitative estimate of drug-likeness (QED) is 0.691. The van der Waals surface area contributed by atoms with Gasteiger partial charge in [0.05, 0.1) is 0 Å². The number of hydrogen-bond donors (Lipinski definition) is 1. The fraction of sp³-hybridized carbons (Fsp3) is 0.333. The first-order chi connectivity index (χ1) is 11.2. The molecule has 1 heterocycles. The van der Waals surface area contributed by atoms with Gasteiger partial charge in [-0.25, -0.2) is 13.2 Å². The minimum absolute atomic E-state index is 0.112. The van der Waals surface area contributed by atoms with Crippen molar-refractivity contribution in [2.75, 3.05) is 0 Å². The highest BCUT2D eigenvalue weighted by atomic mass is 19.2. The van der Waals surface area contributed by atoms with Crippen LogP contribution in [0.3, 0.4) is 0 Å². The number of aromatic amines is 1. The molecular formula is C18H16F3NO2. The number of H-pyrrole nitrogens is 1. The number of pyridine rings is 1. The second-order valence-corrected chi connectivity index (χ2v) is 6.82. The van der Waals surface area contributed by atoms with Crippen molar-refractivity contribution in [3.63, 3.8) is 0 Å². The van der Waals surface area contributed by atoms with Crippen LogP contribution in [-0.2, 0) is 16.6 Å². The van der Waals surface area contributed by atoms with E-state index in [-0.39, 0.29) is 28.9 Å². The third kappa shape index (κ3) is 2.66. The van der Waals surface area contributed by atoms with E-state index in [1.165, 1.54) is 0 Å². The normalized spacial score (nSPS) is 18.5. The summed E-state index contributed by atoms with van der Waals surface area (Å²) in [5.41, 5.74) is 0.734. The van der Waals surface area contributed by atoms with Crippen molar-refractivity contribution in [1.29, 1.82) is 0 Å². The minimum Gasteiger partial charge on any atom is -0.325 e. The molecule has 1 aliphatic carbocycles. The van der Waals surface area contributed by atoms with Crippen LogP contribution in [-0.4, -0.2) is 11.3 Å². The van der Waals surface area contributed by atoms with Crippen LogP contribution in [0.1, 0.15) is 48.6 Å². The molecule has 1 atom stereocenters. The van der Waals surface area contributed by atoms with E-state index in [1.54, 1.807) is 6.07 Å². The van der Waals surface area contributed by atoms with E-state index in [1.807, 2.05) is 13.8 Å². The number of nitrogens with one attached hydrogen (secondary N) is 1. The van der Waals surface area contributed by atoms with E-state index in [4.69, 9.17) is 0 Å². The largest absolute Gasteiger partial charge is 0.325 e. The first kappa shape index (κ1) is 16.5. The topological polar surface area (TPSA) is 49.9 Å². The summed E-state index contributed by atoms with van der Waals surface area (Å²) in [5, 5.41) is 0. The molecule has 0 saturated carbocycles. The molecule has 24 heavy (non-hydrogen) atoms. The average molecular weight is 335 g/mol. The van der Waals surface area contributed by atoms with E-state index in [0.717, 1.165) is 12.4 Å². The predicted octanol–water partition coefficient (Wildman–Crippen LogP) is 3.35. The summed E-state index contributed by atoms with van der Waals surface area (Å²) in [6, 6.07) is 2.78. The summed E-state index contributed by atoms with van der Waals surface area (Å²) in [7, 11) is 0. The van der Waals surface area contributed by atoms with Gasteiger partial charge in [-0.3, -0.25) is 4.79 Å². The number of carbonyl (C=O) groups is 1. The third-order valence-electron chi connectivity index (χ3n) is 4.59. The highest BCUT2D eigenvalue weighted by molar-refractivity contribution is 5.66. The Morgan fingerprint density at radius 3 is 2.46 bits per heavy atom. The Hall–Kier alpha value is -2.37. The van der Waals surface area contributed by atoms with Gasteiger partial charge in [0.15, 0.2) is 11.6 Å². The predicted molar refractivity (Wildman–Crippen MR) is 82.6 cm³/mol. The number of halogens is 3. The van der Waals surface area contributed by atoms with E-state index in [0.29, 0.717) is 23.7 Å². The summed E-state index contributed by atoms with van der Waals surface area (Å²) < 4.78 is 40.2. The standard InChI is InChI=1S/C18H16F3NO2/c1-18(2)7-11(8-23)12-4-10(17(24)22-16(12)18)3-9-5-14(20)15(21)6-13(9)19/h4-6,8,11H,3,7H2,1-2H3,(H,22,24). The van der Waals surface area contributed by atoms with Gasteiger partial charge in [-0.1, -0.05) is 13.8 Å². The highest BCUT2D eigenvalue weighted by Crippen LogP contribution is 2.43. The van der Waals surface area contributed by atoms with E-state index >= 15 is 0 Å². The fourth-order valence-electron chi connectivity index (χ4n) is 3.36. The van der Waals surface area contributed by atoms with Crippen molar-refractivity contribution in [2.24, 2.45) is 0 Å². The summed E-state index contributed by atoms with van der Waals surface area (Å²) in [4.78, 5) is 26.4. The molecule has 0 amide bonds. The van der Waals surface area contributed by atoms with Crippen molar-refractivity contribution in [3.8, 4) is 0 Å². The molecule has 3 nitrogen and oxygen atoms in total. The molecule has 3 rings (SSSR count). The van der Waals surface area contributed by atoms with Crippen molar-refractivity contribution in [2.45, 2.75) is 38.0 Å². The summed E-state index contributed by atoms with van der Waals surface area (Å²) >= 11 is 0. The van der Waals surface area contributed by atoms with Crippen molar-refractivity contribution in [1.82, 2.24) is 4.98 Å². The maximum absolute atomic E-state index is 13.8. The number of aldehydes is 1. The van der Waals surface area contributed by atoms with Crippen molar-refractivity contribution in [3.05, 3.63) is 68.4 Å². The molecule has 1 aliphatic rings. The van der Waals surface area contributed by atoms with Gasteiger partial charge in [0, 0.05) is 35.1 Å². The zero-order valence-corrected chi connectivity index (χ0v) is 13.3. The Kier molecular flexibility index (Phi) is 3.86. The van der Waals surface area contributed by atoms with Crippen LogP contribution in [0, 0.1) is 17.5 Å². The van der Waals surface area contributed by atoms with Crippen LogP contribution < -0.4 is 5.56 Å². The summed E-state index contributed by atoms with van der Waals surface area (Å²) in [6.45, 7) is 3.86. The second-order valence-electron chi connectivity index (χ2n) is 6.82. The lowest BCUT2D eigenvalue weighted by Crippen LogP contribution is -2.22. The molecule has 0 spiro atoms. The fourth-order valence-corrected chi connectivity index (χ4v) is 3.36. The van der Waals surface area contributed by atoms with Gasteiger partial charge in [0.25, 0.3) is 5.56 Å². The Morgan fingerprint density at radius 1 is 1.12 bits per heavy atom. The minimum atomic E-state index is -1.28. The van der Waals surface area contributed by atoms with E-state index < -0.39 is 23.0 Å². The Labute approximate surface area is 136 Å². The summed E-state index contributed by atoms with van der Waals surface area (Å²) in [5.74, 6) is -3.71. The number of aromatic nitrogens is 1. The van der Waals surface area contributed by atoms with Crippen LogP contribution in [0.5, 0.6) is 0 Å². The van der Waals surface area contributed by atoms with Gasteiger partial charge < -0.3 is 9.78 Å². The number of hydrogen-bond acceptors (Lipinski definition) is 2. The molecule has 0 fully saturated rings. The molecule has 1 unspecified atom stereocenters. The van der Waals surface area contributed by atoms with Crippen molar-refractivity contribution < 1.29 is 18.0 Å². The van der Waals surface area contributed by atoms with E-state index in [9.17, 15) is 22.8 Å². The molecule has 0 saturated heterocycles. The second kappa shape index (κ2) is 5.61. The zero-order valence-electron chi connectivity index (χ0n) is 13.3. The van der Waals surface area contributed by atoms with E-state index in [2.05, 4.69) is 4.98 Å². The number of benzene rings is 1. The molecule has 126 valence electrons. The lowest BCUT2D eigenvalue weighted by Gasteiger charge is -2.18. The maximum Gasteiger partial charge on any atom is 0.251 e. The summed E-state index contributed by atoms with van der Waals surface area (Å²) in [6.07, 6.45) is 1.22. The lowest BCUT2D eigenvalue weighted by molar-refractivity contribution is -0.109. The molecule has 1 N–H and O–H groups in total. The first-order valence-electron chi connectivity index (χ1n) is 7.58. The van der Waals surface area contributed by atoms with Gasteiger partial charge in [-0.15, -0.1) is 0 Å². The first-order valence-corrected chi connectivity index (χ1v) is 7.58. The number of carbonyl (C=O) groups excluding carboxylic acids is 1. The Morgan fingerprint density at radius 2 is 1.79 bits per heavy atom. The maximum atomic E-state index is 13.8.